The number of aromatic nitrogens is 1. The SMILES string of the molecule is Cc1ccc(C(C)(C)O)nc1C(C)C. The number of aryl methyl sites for hydroxylation is 1. The lowest BCUT2D eigenvalue weighted by atomic mass is 9.99. The Balaban J connectivity index is 3.20. The van der Waals surface area contributed by atoms with Crippen LogP contribution in [-0.4, -0.2) is 10.1 Å². The van der Waals surface area contributed by atoms with E-state index in [2.05, 4.69) is 25.8 Å². The molecule has 1 heterocycles. The Bertz CT molecular complexity index is 324. The minimum Gasteiger partial charge on any atom is -0.384 e. The number of nitrogens with zero attached hydrogens (tertiary/aromatic N) is 1. The van der Waals surface area contributed by atoms with Crippen molar-refractivity contribution in [2.75, 3.05) is 0 Å². The Kier molecular flexibility index (Phi) is 2.95. The van der Waals surface area contributed by atoms with E-state index in [0.29, 0.717) is 5.92 Å². The molecule has 0 spiro atoms. The summed E-state index contributed by atoms with van der Waals surface area (Å²) in [6.45, 7) is 9.80. The van der Waals surface area contributed by atoms with Gasteiger partial charge in [0, 0.05) is 5.69 Å². The summed E-state index contributed by atoms with van der Waals surface area (Å²) in [5, 5.41) is 9.82. The Morgan fingerprint density at radius 3 is 2.29 bits per heavy atom. The second-order valence-electron chi connectivity index (χ2n) is 4.61. The molecule has 0 saturated carbocycles. The van der Waals surface area contributed by atoms with E-state index in [1.165, 1.54) is 5.56 Å². The Morgan fingerprint density at radius 1 is 1.29 bits per heavy atom. The third-order valence-electron chi connectivity index (χ3n) is 2.31. The summed E-state index contributed by atoms with van der Waals surface area (Å²) in [6, 6.07) is 3.91. The second kappa shape index (κ2) is 3.70. The molecule has 0 saturated heterocycles. The zero-order valence-corrected chi connectivity index (χ0v) is 9.63. The normalized spacial score (nSPS) is 12.2. The molecule has 0 aliphatic rings. The third kappa shape index (κ3) is 2.32. The summed E-state index contributed by atoms with van der Waals surface area (Å²) in [4.78, 5) is 4.49. The van der Waals surface area contributed by atoms with Gasteiger partial charge in [0.15, 0.2) is 0 Å². The molecule has 0 atom stereocenters. The predicted octanol–water partition coefficient (Wildman–Crippen LogP) is 2.74. The molecule has 0 aromatic carbocycles. The van der Waals surface area contributed by atoms with Crippen LogP contribution in [0.2, 0.25) is 0 Å². The Morgan fingerprint density at radius 2 is 1.86 bits per heavy atom. The van der Waals surface area contributed by atoms with Gasteiger partial charge in [-0.15, -0.1) is 0 Å². The molecule has 0 amide bonds. The highest BCUT2D eigenvalue weighted by Gasteiger charge is 2.19. The highest BCUT2D eigenvalue weighted by molar-refractivity contribution is 5.26. The molecule has 0 aliphatic carbocycles. The van der Waals surface area contributed by atoms with E-state index in [4.69, 9.17) is 0 Å². The van der Waals surface area contributed by atoms with E-state index in [1.807, 2.05) is 12.1 Å². The van der Waals surface area contributed by atoms with Crippen LogP contribution in [0.4, 0.5) is 0 Å². The van der Waals surface area contributed by atoms with Crippen LogP contribution < -0.4 is 0 Å². The Hall–Kier alpha value is -0.890. The van der Waals surface area contributed by atoms with Crippen molar-refractivity contribution in [3.63, 3.8) is 0 Å². The zero-order valence-electron chi connectivity index (χ0n) is 9.63. The van der Waals surface area contributed by atoms with Gasteiger partial charge in [0.05, 0.1) is 5.69 Å². The maximum absolute atomic E-state index is 9.82. The molecule has 1 rings (SSSR count). The topological polar surface area (TPSA) is 33.1 Å². The number of hydrogen-bond donors (Lipinski definition) is 1. The molecular formula is C12H19NO. The molecule has 2 heteroatoms. The summed E-state index contributed by atoms with van der Waals surface area (Å²) in [7, 11) is 0. The van der Waals surface area contributed by atoms with Crippen molar-refractivity contribution >= 4 is 0 Å². The average Bonchev–Trinajstić information content (AvgIpc) is 2.02. The van der Waals surface area contributed by atoms with Crippen LogP contribution in [0.15, 0.2) is 12.1 Å². The first-order valence-electron chi connectivity index (χ1n) is 5.02. The molecule has 1 aromatic heterocycles. The van der Waals surface area contributed by atoms with Crippen LogP contribution in [0.3, 0.4) is 0 Å². The van der Waals surface area contributed by atoms with Crippen LogP contribution in [0.25, 0.3) is 0 Å². The van der Waals surface area contributed by atoms with Crippen LogP contribution in [0.1, 0.15) is 50.6 Å². The van der Waals surface area contributed by atoms with Gasteiger partial charge in [-0.3, -0.25) is 4.98 Å². The van der Waals surface area contributed by atoms with Crippen LogP contribution in [-0.2, 0) is 5.60 Å². The highest BCUT2D eigenvalue weighted by Crippen LogP contribution is 2.22. The standard InChI is InChI=1S/C12H19NO/c1-8(2)11-9(3)6-7-10(13-11)12(4,5)14/h6-8,14H,1-5H3. The molecule has 78 valence electrons. The van der Waals surface area contributed by atoms with Crippen molar-refractivity contribution in [3.8, 4) is 0 Å². The smallest absolute Gasteiger partial charge is 0.101 e. The maximum Gasteiger partial charge on any atom is 0.101 e. The molecule has 1 aromatic rings. The molecule has 0 unspecified atom stereocenters. The monoisotopic (exact) mass is 193 g/mol. The first kappa shape index (κ1) is 11.2. The van der Waals surface area contributed by atoms with E-state index in [0.717, 1.165) is 11.4 Å². The Labute approximate surface area is 86.0 Å². The van der Waals surface area contributed by atoms with Gasteiger partial charge >= 0.3 is 0 Å². The average molecular weight is 193 g/mol. The van der Waals surface area contributed by atoms with E-state index >= 15 is 0 Å². The van der Waals surface area contributed by atoms with Gasteiger partial charge in [0.1, 0.15) is 5.60 Å². The fourth-order valence-corrected chi connectivity index (χ4v) is 1.47. The molecule has 1 N–H and O–H groups in total. The lowest BCUT2D eigenvalue weighted by Crippen LogP contribution is -2.18. The van der Waals surface area contributed by atoms with Gasteiger partial charge in [-0.2, -0.15) is 0 Å². The van der Waals surface area contributed by atoms with E-state index in [1.54, 1.807) is 13.8 Å². The van der Waals surface area contributed by atoms with Crippen LogP contribution in [0.5, 0.6) is 0 Å². The molecule has 0 bridgehead atoms. The van der Waals surface area contributed by atoms with Crippen molar-refractivity contribution in [1.29, 1.82) is 0 Å². The minimum atomic E-state index is -0.850. The van der Waals surface area contributed by atoms with Crippen LogP contribution in [0, 0.1) is 6.92 Å². The van der Waals surface area contributed by atoms with E-state index in [-0.39, 0.29) is 0 Å². The fraction of sp³-hybridized carbons (Fsp3) is 0.583. The van der Waals surface area contributed by atoms with Gasteiger partial charge in [0.2, 0.25) is 0 Å². The fourth-order valence-electron chi connectivity index (χ4n) is 1.47. The predicted molar refractivity (Wildman–Crippen MR) is 58.3 cm³/mol. The number of rotatable bonds is 2. The number of hydrogen-bond acceptors (Lipinski definition) is 2. The molecule has 14 heavy (non-hydrogen) atoms. The summed E-state index contributed by atoms with van der Waals surface area (Å²) in [6.07, 6.45) is 0. The third-order valence-corrected chi connectivity index (χ3v) is 2.31. The van der Waals surface area contributed by atoms with E-state index in [9.17, 15) is 5.11 Å². The summed E-state index contributed by atoms with van der Waals surface area (Å²) >= 11 is 0. The number of pyridine rings is 1. The largest absolute Gasteiger partial charge is 0.384 e. The lowest BCUT2D eigenvalue weighted by molar-refractivity contribution is 0.0735. The quantitative estimate of drug-likeness (QED) is 0.783. The first-order chi connectivity index (χ1) is 6.32. The maximum atomic E-state index is 9.82. The van der Waals surface area contributed by atoms with Gasteiger partial charge in [-0.05, 0) is 38.3 Å². The van der Waals surface area contributed by atoms with Gasteiger partial charge in [0.25, 0.3) is 0 Å². The minimum absolute atomic E-state index is 0.400. The number of aliphatic hydroxyl groups is 1. The highest BCUT2D eigenvalue weighted by atomic mass is 16.3. The van der Waals surface area contributed by atoms with Crippen molar-refractivity contribution in [2.45, 2.75) is 46.1 Å². The van der Waals surface area contributed by atoms with Crippen molar-refractivity contribution in [3.05, 3.63) is 29.1 Å². The molecule has 0 fully saturated rings. The van der Waals surface area contributed by atoms with E-state index < -0.39 is 5.60 Å². The van der Waals surface area contributed by atoms with Gasteiger partial charge in [-0.25, -0.2) is 0 Å². The van der Waals surface area contributed by atoms with Crippen LogP contribution >= 0.6 is 0 Å². The second-order valence-corrected chi connectivity index (χ2v) is 4.61. The summed E-state index contributed by atoms with van der Waals surface area (Å²) in [5.74, 6) is 0.400. The first-order valence-corrected chi connectivity index (χ1v) is 5.02. The molecule has 0 radical (unpaired) electrons. The molecule has 0 aliphatic heterocycles. The van der Waals surface area contributed by atoms with Gasteiger partial charge in [-0.1, -0.05) is 19.9 Å². The lowest BCUT2D eigenvalue weighted by Gasteiger charge is -2.19. The van der Waals surface area contributed by atoms with Gasteiger partial charge < -0.3 is 5.11 Å². The van der Waals surface area contributed by atoms with Crippen molar-refractivity contribution in [2.24, 2.45) is 0 Å². The summed E-state index contributed by atoms with van der Waals surface area (Å²) in [5.41, 5.74) is 2.15. The molecular weight excluding hydrogens is 174 g/mol. The van der Waals surface area contributed by atoms with Crippen molar-refractivity contribution < 1.29 is 5.11 Å². The zero-order chi connectivity index (χ0) is 10.9. The van der Waals surface area contributed by atoms with Crippen molar-refractivity contribution in [1.82, 2.24) is 4.98 Å². The molecule has 2 nitrogen and oxygen atoms in total. The summed E-state index contributed by atoms with van der Waals surface area (Å²) < 4.78 is 0.